The summed E-state index contributed by atoms with van der Waals surface area (Å²) in [5.41, 5.74) is 15.2. The molecule has 0 saturated carbocycles. The third kappa shape index (κ3) is 3.57. The first-order chi connectivity index (χ1) is 11.0. The molecule has 0 aliphatic heterocycles. The zero-order valence-corrected chi connectivity index (χ0v) is 13.0. The van der Waals surface area contributed by atoms with Crippen LogP contribution in [0.4, 0.5) is 0 Å². The Morgan fingerprint density at radius 2 is 1.65 bits per heavy atom. The summed E-state index contributed by atoms with van der Waals surface area (Å²) in [6, 6.07) is 10.5. The summed E-state index contributed by atoms with van der Waals surface area (Å²) in [6.07, 6.45) is 1.08. The van der Waals surface area contributed by atoms with E-state index < -0.39 is 11.8 Å². The van der Waals surface area contributed by atoms with Crippen molar-refractivity contribution in [2.24, 2.45) is 11.5 Å². The second-order valence-electron chi connectivity index (χ2n) is 5.42. The highest BCUT2D eigenvalue weighted by Gasteiger charge is 2.16. The van der Waals surface area contributed by atoms with E-state index in [1.807, 2.05) is 13.0 Å². The molecule has 0 unspecified atom stereocenters. The van der Waals surface area contributed by atoms with Gasteiger partial charge in [0.2, 0.25) is 11.8 Å². The van der Waals surface area contributed by atoms with Gasteiger partial charge in [-0.15, -0.1) is 0 Å². The van der Waals surface area contributed by atoms with Crippen molar-refractivity contribution in [1.82, 2.24) is 0 Å². The van der Waals surface area contributed by atoms with Crippen LogP contribution in [0.15, 0.2) is 36.4 Å². The Labute approximate surface area is 134 Å². The summed E-state index contributed by atoms with van der Waals surface area (Å²) in [5, 5.41) is 9.12. The van der Waals surface area contributed by atoms with E-state index in [1.165, 1.54) is 0 Å². The molecule has 5 heteroatoms. The summed E-state index contributed by atoms with van der Waals surface area (Å²) >= 11 is 0. The summed E-state index contributed by atoms with van der Waals surface area (Å²) in [5.74, 6) is -0.979. The molecular formula is C18H20N2O3. The standard InChI is InChI=1S/C18H20N2O3/c1-11-4-9-15(18(20)23)14(3-2-10-21)16(11)12-5-7-13(8-6-12)17(19)22/h4-9,21H,2-3,10H2,1H3,(H2,19,22)(H2,20,23). The molecule has 0 aliphatic carbocycles. The Morgan fingerprint density at radius 3 is 2.17 bits per heavy atom. The smallest absolute Gasteiger partial charge is 0.248 e. The third-order valence-corrected chi connectivity index (χ3v) is 3.83. The number of hydrogen-bond acceptors (Lipinski definition) is 3. The molecule has 0 bridgehead atoms. The Kier molecular flexibility index (Phi) is 5.13. The first-order valence-corrected chi connectivity index (χ1v) is 7.39. The maximum Gasteiger partial charge on any atom is 0.248 e. The van der Waals surface area contributed by atoms with E-state index in [4.69, 9.17) is 16.6 Å². The molecule has 5 N–H and O–H groups in total. The Bertz CT molecular complexity index is 737. The lowest BCUT2D eigenvalue weighted by Gasteiger charge is -2.16. The Balaban J connectivity index is 2.61. The van der Waals surface area contributed by atoms with Crippen molar-refractivity contribution in [2.45, 2.75) is 19.8 Å². The molecule has 2 aromatic rings. The molecule has 0 heterocycles. The normalized spacial score (nSPS) is 10.5. The third-order valence-electron chi connectivity index (χ3n) is 3.83. The topological polar surface area (TPSA) is 106 Å². The largest absolute Gasteiger partial charge is 0.396 e. The number of benzene rings is 2. The number of primary amides is 2. The Hall–Kier alpha value is -2.66. The average molecular weight is 312 g/mol. The SMILES string of the molecule is Cc1ccc(C(N)=O)c(CCCO)c1-c1ccc(C(N)=O)cc1. The zero-order chi connectivity index (χ0) is 17.0. The number of hydrogen-bond donors (Lipinski definition) is 3. The maximum atomic E-state index is 11.7. The van der Waals surface area contributed by atoms with Gasteiger partial charge in [0.25, 0.3) is 0 Å². The van der Waals surface area contributed by atoms with Gasteiger partial charge in [-0.1, -0.05) is 18.2 Å². The van der Waals surface area contributed by atoms with E-state index in [-0.39, 0.29) is 6.61 Å². The van der Waals surface area contributed by atoms with E-state index >= 15 is 0 Å². The molecule has 0 fully saturated rings. The van der Waals surface area contributed by atoms with Gasteiger partial charge in [0, 0.05) is 17.7 Å². The van der Waals surface area contributed by atoms with Gasteiger partial charge < -0.3 is 16.6 Å². The van der Waals surface area contributed by atoms with Gasteiger partial charge in [0.1, 0.15) is 0 Å². The molecule has 0 spiro atoms. The van der Waals surface area contributed by atoms with Crippen molar-refractivity contribution in [3.8, 4) is 11.1 Å². The van der Waals surface area contributed by atoms with Crippen LogP contribution in [0.1, 0.15) is 38.3 Å². The van der Waals surface area contributed by atoms with Gasteiger partial charge in [0.15, 0.2) is 0 Å². The first kappa shape index (κ1) is 16.7. The highest BCUT2D eigenvalue weighted by molar-refractivity contribution is 5.97. The van der Waals surface area contributed by atoms with Gasteiger partial charge >= 0.3 is 0 Å². The van der Waals surface area contributed by atoms with E-state index in [0.29, 0.717) is 24.0 Å². The zero-order valence-electron chi connectivity index (χ0n) is 13.0. The highest BCUT2D eigenvalue weighted by Crippen LogP contribution is 2.31. The fourth-order valence-corrected chi connectivity index (χ4v) is 2.71. The second-order valence-corrected chi connectivity index (χ2v) is 5.42. The Morgan fingerprint density at radius 1 is 1.00 bits per heavy atom. The maximum absolute atomic E-state index is 11.7. The molecule has 23 heavy (non-hydrogen) atoms. The average Bonchev–Trinajstić information content (AvgIpc) is 2.52. The minimum Gasteiger partial charge on any atom is -0.396 e. The van der Waals surface area contributed by atoms with Gasteiger partial charge in [-0.05, 0) is 60.2 Å². The number of amides is 2. The van der Waals surface area contributed by atoms with Crippen molar-refractivity contribution < 1.29 is 14.7 Å². The number of aryl methyl sites for hydroxylation is 1. The molecule has 0 aliphatic rings. The van der Waals surface area contributed by atoms with Crippen LogP contribution in [0.3, 0.4) is 0 Å². The fourth-order valence-electron chi connectivity index (χ4n) is 2.71. The van der Waals surface area contributed by atoms with Crippen LogP contribution in [-0.4, -0.2) is 23.5 Å². The van der Waals surface area contributed by atoms with Crippen molar-refractivity contribution >= 4 is 11.8 Å². The van der Waals surface area contributed by atoms with Crippen molar-refractivity contribution in [2.75, 3.05) is 6.61 Å². The van der Waals surface area contributed by atoms with Crippen molar-refractivity contribution in [3.05, 3.63) is 58.7 Å². The minimum absolute atomic E-state index is 0.0339. The van der Waals surface area contributed by atoms with Gasteiger partial charge in [-0.2, -0.15) is 0 Å². The molecule has 2 amide bonds. The number of aliphatic hydroxyl groups excluding tert-OH is 1. The second kappa shape index (κ2) is 7.07. The van der Waals surface area contributed by atoms with E-state index in [1.54, 1.807) is 30.3 Å². The molecule has 0 atom stereocenters. The quantitative estimate of drug-likeness (QED) is 0.757. The van der Waals surface area contributed by atoms with Crippen molar-refractivity contribution in [3.63, 3.8) is 0 Å². The van der Waals surface area contributed by atoms with E-state index in [9.17, 15) is 9.59 Å². The van der Waals surface area contributed by atoms with Crippen LogP contribution in [0.25, 0.3) is 11.1 Å². The monoisotopic (exact) mass is 312 g/mol. The highest BCUT2D eigenvalue weighted by atomic mass is 16.3. The fraction of sp³-hybridized carbons (Fsp3) is 0.222. The molecule has 2 aromatic carbocycles. The predicted octanol–water partition coefficient (Wildman–Crippen LogP) is 1.78. The summed E-state index contributed by atoms with van der Waals surface area (Å²) in [7, 11) is 0. The summed E-state index contributed by atoms with van der Waals surface area (Å²) in [6.45, 7) is 1.98. The van der Waals surface area contributed by atoms with Crippen LogP contribution in [0, 0.1) is 6.92 Å². The first-order valence-electron chi connectivity index (χ1n) is 7.39. The molecular weight excluding hydrogens is 292 g/mol. The summed E-state index contributed by atoms with van der Waals surface area (Å²) in [4.78, 5) is 22.9. The lowest BCUT2D eigenvalue weighted by molar-refractivity contribution is 0.0991. The van der Waals surface area contributed by atoms with Crippen LogP contribution in [-0.2, 0) is 6.42 Å². The lowest BCUT2D eigenvalue weighted by atomic mass is 9.88. The number of carbonyl (C=O) groups excluding carboxylic acids is 2. The molecule has 0 aromatic heterocycles. The number of carbonyl (C=O) groups is 2. The number of rotatable bonds is 6. The minimum atomic E-state index is -0.493. The molecule has 5 nitrogen and oxygen atoms in total. The molecule has 0 radical (unpaired) electrons. The molecule has 120 valence electrons. The molecule has 2 rings (SSSR count). The van der Waals surface area contributed by atoms with Gasteiger partial charge in [0.05, 0.1) is 0 Å². The van der Waals surface area contributed by atoms with E-state index in [2.05, 4.69) is 0 Å². The lowest BCUT2D eigenvalue weighted by Crippen LogP contribution is -2.15. The number of aliphatic hydroxyl groups is 1. The van der Waals surface area contributed by atoms with Crippen LogP contribution < -0.4 is 11.5 Å². The summed E-state index contributed by atoms with van der Waals surface area (Å²) < 4.78 is 0. The van der Waals surface area contributed by atoms with Crippen LogP contribution >= 0.6 is 0 Å². The van der Waals surface area contributed by atoms with Gasteiger partial charge in [-0.3, -0.25) is 9.59 Å². The van der Waals surface area contributed by atoms with Crippen LogP contribution in [0.2, 0.25) is 0 Å². The molecule has 0 saturated heterocycles. The van der Waals surface area contributed by atoms with Crippen LogP contribution in [0.5, 0.6) is 0 Å². The van der Waals surface area contributed by atoms with Gasteiger partial charge in [-0.25, -0.2) is 0 Å². The van der Waals surface area contributed by atoms with Crippen molar-refractivity contribution in [1.29, 1.82) is 0 Å². The van der Waals surface area contributed by atoms with E-state index in [0.717, 1.165) is 22.3 Å². The predicted molar refractivity (Wildman–Crippen MR) is 89.1 cm³/mol. The number of nitrogens with two attached hydrogens (primary N) is 2.